The second kappa shape index (κ2) is 5.50. The van der Waals surface area contributed by atoms with Gasteiger partial charge < -0.3 is 5.32 Å². The van der Waals surface area contributed by atoms with Gasteiger partial charge in [0.1, 0.15) is 5.69 Å². The Labute approximate surface area is 119 Å². The molecule has 19 heavy (non-hydrogen) atoms. The quantitative estimate of drug-likeness (QED) is 0.587. The summed E-state index contributed by atoms with van der Waals surface area (Å²) >= 11 is 4.64. The molecule has 0 bridgehead atoms. The lowest BCUT2D eigenvalue weighted by Crippen LogP contribution is -2.11. The second-order valence-electron chi connectivity index (χ2n) is 3.84. The van der Waals surface area contributed by atoms with E-state index in [1.807, 2.05) is 0 Å². The molecule has 0 aliphatic rings. The SMILES string of the molecule is CC(Nc1c(F)c(F)cc(F)c1F)c1sccc1Br. The molecular formula is C12H8BrF4NS. The summed E-state index contributed by atoms with van der Waals surface area (Å²) in [6.07, 6.45) is 0. The predicted molar refractivity (Wildman–Crippen MR) is 70.3 cm³/mol. The minimum atomic E-state index is -1.43. The first kappa shape index (κ1) is 14.3. The monoisotopic (exact) mass is 353 g/mol. The maximum atomic E-state index is 13.5. The minimum absolute atomic E-state index is 0.182. The smallest absolute Gasteiger partial charge is 0.185 e. The molecule has 0 aliphatic heterocycles. The highest BCUT2D eigenvalue weighted by Gasteiger charge is 2.21. The fourth-order valence-corrected chi connectivity index (χ4v) is 3.32. The third-order valence-corrected chi connectivity index (χ3v) is 4.56. The van der Waals surface area contributed by atoms with Crippen molar-refractivity contribution >= 4 is 33.0 Å². The largest absolute Gasteiger partial charge is 0.373 e. The topological polar surface area (TPSA) is 12.0 Å². The van der Waals surface area contributed by atoms with E-state index in [0.717, 1.165) is 9.35 Å². The summed E-state index contributed by atoms with van der Waals surface area (Å²) in [6, 6.07) is 1.46. The number of halogens is 5. The lowest BCUT2D eigenvalue weighted by atomic mass is 10.2. The van der Waals surface area contributed by atoms with Gasteiger partial charge in [0.05, 0.1) is 6.04 Å². The van der Waals surface area contributed by atoms with E-state index in [1.165, 1.54) is 11.3 Å². The molecule has 0 amide bonds. The third kappa shape index (κ3) is 2.76. The molecule has 1 nitrogen and oxygen atoms in total. The van der Waals surface area contributed by atoms with Crippen LogP contribution in [0.1, 0.15) is 17.8 Å². The summed E-state index contributed by atoms with van der Waals surface area (Å²) in [4.78, 5) is 0.767. The van der Waals surface area contributed by atoms with Gasteiger partial charge in [-0.2, -0.15) is 0 Å². The normalized spacial score (nSPS) is 12.5. The van der Waals surface area contributed by atoms with E-state index in [1.54, 1.807) is 18.4 Å². The molecule has 2 aromatic rings. The van der Waals surface area contributed by atoms with Crippen LogP contribution in [0.2, 0.25) is 0 Å². The van der Waals surface area contributed by atoms with Crippen LogP contribution in [0.3, 0.4) is 0 Å². The van der Waals surface area contributed by atoms with Crippen LogP contribution in [0.25, 0.3) is 0 Å². The van der Waals surface area contributed by atoms with Crippen LogP contribution in [0, 0.1) is 23.3 Å². The molecule has 0 saturated carbocycles. The summed E-state index contributed by atoms with van der Waals surface area (Å²) in [6.45, 7) is 1.64. The van der Waals surface area contributed by atoms with Gasteiger partial charge in [-0.3, -0.25) is 0 Å². The second-order valence-corrected chi connectivity index (χ2v) is 5.64. The number of rotatable bonds is 3. The van der Waals surface area contributed by atoms with E-state index in [4.69, 9.17) is 0 Å². The molecule has 1 N–H and O–H groups in total. The third-order valence-electron chi connectivity index (χ3n) is 2.51. The molecule has 1 aromatic heterocycles. The Hall–Kier alpha value is -1.08. The van der Waals surface area contributed by atoms with Gasteiger partial charge in [-0.05, 0) is 34.3 Å². The molecule has 1 atom stereocenters. The lowest BCUT2D eigenvalue weighted by molar-refractivity contribution is 0.457. The number of nitrogens with one attached hydrogen (secondary N) is 1. The van der Waals surface area contributed by atoms with Gasteiger partial charge in [-0.15, -0.1) is 11.3 Å². The predicted octanol–water partition coefficient (Wildman–Crippen LogP) is 5.24. The minimum Gasteiger partial charge on any atom is -0.373 e. The van der Waals surface area contributed by atoms with Crippen molar-refractivity contribution in [1.82, 2.24) is 0 Å². The highest BCUT2D eigenvalue weighted by atomic mass is 79.9. The van der Waals surface area contributed by atoms with Crippen molar-refractivity contribution in [3.63, 3.8) is 0 Å². The van der Waals surface area contributed by atoms with Crippen LogP contribution in [0.5, 0.6) is 0 Å². The highest BCUT2D eigenvalue weighted by Crippen LogP contribution is 2.33. The zero-order valence-electron chi connectivity index (χ0n) is 9.61. The molecule has 0 aliphatic carbocycles. The zero-order chi connectivity index (χ0) is 14.2. The molecule has 0 saturated heterocycles. The van der Waals surface area contributed by atoms with Crippen molar-refractivity contribution in [2.75, 3.05) is 5.32 Å². The number of hydrogen-bond donors (Lipinski definition) is 1. The van der Waals surface area contributed by atoms with Crippen LogP contribution in [0.15, 0.2) is 22.0 Å². The van der Waals surface area contributed by atoms with E-state index in [9.17, 15) is 17.6 Å². The lowest BCUT2D eigenvalue weighted by Gasteiger charge is -2.16. The molecule has 1 heterocycles. The molecule has 0 radical (unpaired) electrons. The Morgan fingerprint density at radius 2 is 1.74 bits per heavy atom. The Kier molecular flexibility index (Phi) is 4.15. The molecule has 0 fully saturated rings. The van der Waals surface area contributed by atoms with Crippen LogP contribution in [0.4, 0.5) is 23.2 Å². The first-order valence-electron chi connectivity index (χ1n) is 5.24. The van der Waals surface area contributed by atoms with E-state index < -0.39 is 35.0 Å². The summed E-state index contributed by atoms with van der Waals surface area (Å²) in [5, 5.41) is 4.24. The van der Waals surface area contributed by atoms with Crippen LogP contribution < -0.4 is 5.32 Å². The summed E-state index contributed by atoms with van der Waals surface area (Å²) in [5.41, 5.74) is -0.801. The standard InChI is InChI=1S/C12H8BrF4NS/c1-5(12-6(13)2-3-19-12)18-11-9(16)7(14)4-8(15)10(11)17/h2-5,18H,1H3. The van der Waals surface area contributed by atoms with Crippen LogP contribution >= 0.6 is 27.3 Å². The van der Waals surface area contributed by atoms with Crippen molar-refractivity contribution < 1.29 is 17.6 Å². The molecule has 1 aromatic carbocycles. The Morgan fingerprint density at radius 1 is 1.16 bits per heavy atom. The molecular weight excluding hydrogens is 346 g/mol. The zero-order valence-corrected chi connectivity index (χ0v) is 12.0. The van der Waals surface area contributed by atoms with E-state index >= 15 is 0 Å². The van der Waals surface area contributed by atoms with Crippen molar-refractivity contribution in [3.05, 3.63) is 50.1 Å². The average molecular weight is 354 g/mol. The summed E-state index contributed by atoms with van der Waals surface area (Å²) < 4.78 is 53.9. The Bertz CT molecular complexity index is 588. The van der Waals surface area contributed by atoms with Gasteiger partial charge in [0.2, 0.25) is 0 Å². The Balaban J connectivity index is 2.37. The van der Waals surface area contributed by atoms with Gasteiger partial charge in [0, 0.05) is 15.4 Å². The fraction of sp³-hybridized carbons (Fsp3) is 0.167. The van der Waals surface area contributed by atoms with E-state index in [2.05, 4.69) is 21.2 Å². The maximum absolute atomic E-state index is 13.5. The van der Waals surface area contributed by atoms with Crippen molar-refractivity contribution in [1.29, 1.82) is 0 Å². The molecule has 7 heteroatoms. The first-order valence-corrected chi connectivity index (χ1v) is 6.91. The molecule has 1 unspecified atom stereocenters. The van der Waals surface area contributed by atoms with Gasteiger partial charge in [0.15, 0.2) is 23.3 Å². The summed E-state index contributed by atoms with van der Waals surface area (Å²) in [7, 11) is 0. The summed E-state index contributed by atoms with van der Waals surface area (Å²) in [5.74, 6) is -5.73. The fourth-order valence-electron chi connectivity index (χ4n) is 1.60. The number of thiophene rings is 1. The van der Waals surface area contributed by atoms with Crippen molar-refractivity contribution in [3.8, 4) is 0 Å². The van der Waals surface area contributed by atoms with E-state index in [-0.39, 0.29) is 6.07 Å². The Morgan fingerprint density at radius 3 is 2.21 bits per heavy atom. The average Bonchev–Trinajstić information content (AvgIpc) is 2.78. The van der Waals surface area contributed by atoms with Crippen molar-refractivity contribution in [2.24, 2.45) is 0 Å². The molecule has 2 rings (SSSR count). The molecule has 102 valence electrons. The van der Waals surface area contributed by atoms with Gasteiger partial charge in [-0.1, -0.05) is 0 Å². The van der Waals surface area contributed by atoms with Gasteiger partial charge in [-0.25, -0.2) is 17.6 Å². The number of hydrogen-bond acceptors (Lipinski definition) is 2. The number of benzene rings is 1. The maximum Gasteiger partial charge on any atom is 0.185 e. The van der Waals surface area contributed by atoms with Crippen LogP contribution in [-0.2, 0) is 0 Å². The molecule has 0 spiro atoms. The van der Waals surface area contributed by atoms with Gasteiger partial charge >= 0.3 is 0 Å². The van der Waals surface area contributed by atoms with E-state index in [0.29, 0.717) is 0 Å². The van der Waals surface area contributed by atoms with Crippen molar-refractivity contribution in [2.45, 2.75) is 13.0 Å². The van der Waals surface area contributed by atoms with Crippen LogP contribution in [-0.4, -0.2) is 0 Å². The number of anilines is 1. The highest BCUT2D eigenvalue weighted by molar-refractivity contribution is 9.10. The van der Waals surface area contributed by atoms with Gasteiger partial charge in [0.25, 0.3) is 0 Å². The first-order chi connectivity index (χ1) is 8.91.